The van der Waals surface area contributed by atoms with Gasteiger partial charge in [0, 0.05) is 16.3 Å². The molecule has 0 radical (unpaired) electrons. The lowest BCUT2D eigenvalue weighted by Crippen LogP contribution is -2.35. The van der Waals surface area contributed by atoms with Crippen molar-refractivity contribution in [3.63, 3.8) is 0 Å². The fourth-order valence-corrected chi connectivity index (χ4v) is 4.27. The molecule has 0 unspecified atom stereocenters. The number of thiophene rings is 1. The summed E-state index contributed by atoms with van der Waals surface area (Å²) in [6, 6.07) is 8.73. The number of pyridine rings is 1. The van der Waals surface area contributed by atoms with Gasteiger partial charge in [-0.1, -0.05) is 53.0 Å². The Labute approximate surface area is 190 Å². The highest BCUT2D eigenvalue weighted by atomic mass is 35.5. The van der Waals surface area contributed by atoms with Crippen LogP contribution in [0.4, 0.5) is 5.82 Å². The van der Waals surface area contributed by atoms with E-state index in [-0.39, 0.29) is 10.8 Å². The fourth-order valence-electron chi connectivity index (χ4n) is 2.41. The molecule has 1 atom stereocenters. The quantitative estimate of drug-likeness (QED) is 0.498. The zero-order chi connectivity index (χ0) is 21.8. The number of nitrogens with one attached hydrogen (secondary N) is 2. The first kappa shape index (κ1) is 22.3. The van der Waals surface area contributed by atoms with Crippen LogP contribution in [0.2, 0.25) is 15.1 Å². The normalized spacial score (nSPS) is 11.7. The predicted octanol–water partition coefficient (Wildman–Crippen LogP) is 4.56. The number of amides is 2. The molecular formula is C19H14Cl3N3O4S. The standard InChI is InChI=1S/C19H14Cl3N3O4S/c1-9(18(27)25-17-12(21)6-10(20)7-23-17)29-14(26)8-24-19(28)16-15(22)11-4-2-3-5-13(11)30-16/h2-7,9H,8H2,1H3,(H,24,28)(H,23,25,27)/t9-/m0/s1. The van der Waals surface area contributed by atoms with E-state index < -0.39 is 30.4 Å². The summed E-state index contributed by atoms with van der Waals surface area (Å²) in [4.78, 5) is 40.7. The third-order valence-electron chi connectivity index (χ3n) is 3.86. The van der Waals surface area contributed by atoms with E-state index in [9.17, 15) is 14.4 Å². The topological polar surface area (TPSA) is 97.4 Å². The van der Waals surface area contributed by atoms with Crippen molar-refractivity contribution < 1.29 is 19.1 Å². The monoisotopic (exact) mass is 485 g/mol. The average Bonchev–Trinajstić information content (AvgIpc) is 3.05. The number of aromatic nitrogens is 1. The number of benzene rings is 1. The molecule has 1 aromatic carbocycles. The van der Waals surface area contributed by atoms with Crippen molar-refractivity contribution in [2.24, 2.45) is 0 Å². The number of carbonyl (C=O) groups excluding carboxylic acids is 3. The maximum absolute atomic E-state index is 12.4. The van der Waals surface area contributed by atoms with Gasteiger partial charge in [0.1, 0.15) is 11.4 Å². The Morgan fingerprint density at radius 3 is 2.63 bits per heavy atom. The third-order valence-corrected chi connectivity index (χ3v) is 6.03. The Kier molecular flexibility index (Phi) is 7.14. The summed E-state index contributed by atoms with van der Waals surface area (Å²) in [5.74, 6) is -1.86. The highest BCUT2D eigenvalue weighted by Gasteiger charge is 2.21. The SMILES string of the molecule is C[C@H](OC(=O)CNC(=O)c1sc2ccccc2c1Cl)C(=O)Nc1ncc(Cl)cc1Cl. The van der Waals surface area contributed by atoms with Gasteiger partial charge in [-0.25, -0.2) is 4.98 Å². The van der Waals surface area contributed by atoms with Crippen LogP contribution >= 0.6 is 46.1 Å². The van der Waals surface area contributed by atoms with Crippen molar-refractivity contribution in [3.05, 3.63) is 56.5 Å². The van der Waals surface area contributed by atoms with Crippen LogP contribution in [-0.2, 0) is 14.3 Å². The van der Waals surface area contributed by atoms with Crippen molar-refractivity contribution in [3.8, 4) is 0 Å². The Bertz CT molecular complexity index is 1140. The molecule has 156 valence electrons. The first-order valence-corrected chi connectivity index (χ1v) is 10.5. The second-order valence-electron chi connectivity index (χ2n) is 6.03. The van der Waals surface area contributed by atoms with Crippen LogP contribution < -0.4 is 10.6 Å². The van der Waals surface area contributed by atoms with Gasteiger partial charge in [-0.15, -0.1) is 11.3 Å². The van der Waals surface area contributed by atoms with Crippen molar-refractivity contribution in [1.29, 1.82) is 0 Å². The fraction of sp³-hybridized carbons (Fsp3) is 0.158. The molecule has 0 saturated carbocycles. The second-order valence-corrected chi connectivity index (χ2v) is 8.30. The van der Waals surface area contributed by atoms with Gasteiger partial charge in [-0.3, -0.25) is 14.4 Å². The van der Waals surface area contributed by atoms with E-state index in [1.165, 1.54) is 30.5 Å². The van der Waals surface area contributed by atoms with E-state index in [2.05, 4.69) is 15.6 Å². The minimum atomic E-state index is -1.14. The molecule has 0 fully saturated rings. The van der Waals surface area contributed by atoms with Gasteiger partial charge in [0.15, 0.2) is 11.9 Å². The van der Waals surface area contributed by atoms with E-state index in [4.69, 9.17) is 39.5 Å². The van der Waals surface area contributed by atoms with Crippen LogP contribution in [0.5, 0.6) is 0 Å². The molecule has 0 aliphatic rings. The van der Waals surface area contributed by atoms with Crippen LogP contribution in [0.25, 0.3) is 10.1 Å². The highest BCUT2D eigenvalue weighted by molar-refractivity contribution is 7.21. The van der Waals surface area contributed by atoms with E-state index in [0.717, 1.165) is 10.1 Å². The molecule has 0 bridgehead atoms. The number of rotatable bonds is 6. The Hall–Kier alpha value is -2.39. The first-order chi connectivity index (χ1) is 14.3. The van der Waals surface area contributed by atoms with Crippen LogP contribution in [0.15, 0.2) is 36.5 Å². The number of halogens is 3. The average molecular weight is 487 g/mol. The van der Waals surface area contributed by atoms with Crippen molar-refractivity contribution in [2.45, 2.75) is 13.0 Å². The lowest BCUT2D eigenvalue weighted by atomic mass is 10.2. The molecule has 0 aliphatic carbocycles. The van der Waals surface area contributed by atoms with E-state index in [0.29, 0.717) is 14.9 Å². The number of hydrogen-bond donors (Lipinski definition) is 2. The molecule has 11 heteroatoms. The molecule has 30 heavy (non-hydrogen) atoms. The highest BCUT2D eigenvalue weighted by Crippen LogP contribution is 2.34. The van der Waals surface area contributed by atoms with Gasteiger partial charge < -0.3 is 15.4 Å². The lowest BCUT2D eigenvalue weighted by Gasteiger charge is -2.14. The smallest absolute Gasteiger partial charge is 0.326 e. The van der Waals surface area contributed by atoms with E-state index in [1.54, 1.807) is 6.07 Å². The van der Waals surface area contributed by atoms with Gasteiger partial charge in [0.2, 0.25) is 0 Å². The van der Waals surface area contributed by atoms with Crippen molar-refractivity contribution >= 4 is 79.8 Å². The Morgan fingerprint density at radius 1 is 1.20 bits per heavy atom. The molecule has 0 saturated heterocycles. The first-order valence-electron chi connectivity index (χ1n) is 8.53. The summed E-state index contributed by atoms with van der Waals surface area (Å²) in [7, 11) is 0. The number of hydrogen-bond acceptors (Lipinski definition) is 6. The predicted molar refractivity (Wildman–Crippen MR) is 118 cm³/mol. The van der Waals surface area contributed by atoms with Crippen molar-refractivity contribution in [2.75, 3.05) is 11.9 Å². The molecule has 3 rings (SSSR count). The maximum atomic E-state index is 12.4. The summed E-state index contributed by atoms with van der Waals surface area (Å²) >= 11 is 19.2. The number of anilines is 1. The largest absolute Gasteiger partial charge is 0.451 e. The number of fused-ring (bicyclic) bond motifs is 1. The number of carbonyl (C=O) groups is 3. The van der Waals surface area contributed by atoms with Gasteiger partial charge in [-0.05, 0) is 19.1 Å². The summed E-state index contributed by atoms with van der Waals surface area (Å²) in [5, 5.41) is 6.41. The number of ether oxygens (including phenoxy) is 1. The summed E-state index contributed by atoms with van der Waals surface area (Å²) in [5.41, 5.74) is 0. The van der Waals surface area contributed by atoms with Gasteiger partial charge >= 0.3 is 5.97 Å². The molecule has 2 amide bonds. The van der Waals surface area contributed by atoms with Crippen LogP contribution in [0.3, 0.4) is 0 Å². The molecule has 2 heterocycles. The Balaban J connectivity index is 1.53. The molecule has 2 N–H and O–H groups in total. The zero-order valence-corrected chi connectivity index (χ0v) is 18.5. The summed E-state index contributed by atoms with van der Waals surface area (Å²) < 4.78 is 5.89. The zero-order valence-electron chi connectivity index (χ0n) is 15.4. The minimum Gasteiger partial charge on any atom is -0.451 e. The second kappa shape index (κ2) is 9.61. The maximum Gasteiger partial charge on any atom is 0.326 e. The molecule has 0 aliphatic heterocycles. The minimum absolute atomic E-state index is 0.0849. The van der Waals surface area contributed by atoms with Gasteiger partial charge in [-0.2, -0.15) is 0 Å². The number of nitrogens with zero attached hydrogens (tertiary/aromatic N) is 1. The van der Waals surface area contributed by atoms with Crippen LogP contribution in [-0.4, -0.2) is 35.4 Å². The van der Waals surface area contributed by atoms with Crippen LogP contribution in [0, 0.1) is 0 Å². The molecule has 7 nitrogen and oxygen atoms in total. The van der Waals surface area contributed by atoms with Gasteiger partial charge in [0.25, 0.3) is 11.8 Å². The van der Waals surface area contributed by atoms with Gasteiger partial charge in [0.05, 0.1) is 15.1 Å². The molecule has 2 aromatic heterocycles. The van der Waals surface area contributed by atoms with Crippen LogP contribution in [0.1, 0.15) is 16.6 Å². The lowest BCUT2D eigenvalue weighted by molar-refractivity contribution is -0.152. The third kappa shape index (κ3) is 5.20. The molecule has 0 spiro atoms. The summed E-state index contributed by atoms with van der Waals surface area (Å²) in [6.07, 6.45) is 0.171. The molecule has 3 aromatic rings. The van der Waals surface area contributed by atoms with E-state index in [1.807, 2.05) is 18.2 Å². The van der Waals surface area contributed by atoms with Crippen molar-refractivity contribution in [1.82, 2.24) is 10.3 Å². The molecular weight excluding hydrogens is 473 g/mol. The Morgan fingerprint density at radius 2 is 1.93 bits per heavy atom. The van der Waals surface area contributed by atoms with E-state index >= 15 is 0 Å². The summed E-state index contributed by atoms with van der Waals surface area (Å²) in [6.45, 7) is 0.947. The number of esters is 1.